The van der Waals surface area contributed by atoms with Gasteiger partial charge in [-0.3, -0.25) is 4.68 Å². The Morgan fingerprint density at radius 1 is 0.918 bits per heavy atom. The van der Waals surface area contributed by atoms with E-state index < -0.39 is 0 Å². The number of benzene rings is 3. The maximum atomic E-state index is 6.66. The number of ether oxygens (including phenoxy) is 1. The summed E-state index contributed by atoms with van der Waals surface area (Å²) in [6, 6.07) is 28.4. The maximum Gasteiger partial charge on any atom is 2.00 e. The number of aromatic nitrogens is 4. The van der Waals surface area contributed by atoms with Crippen molar-refractivity contribution in [1.29, 1.82) is 0 Å². The summed E-state index contributed by atoms with van der Waals surface area (Å²) in [5.41, 5.74) is 10.6. The molecule has 6 heteroatoms. The molecule has 1 aliphatic rings. The van der Waals surface area contributed by atoms with E-state index in [0.717, 1.165) is 51.8 Å². The first kappa shape index (κ1) is 34.9. The van der Waals surface area contributed by atoms with Gasteiger partial charge in [0.2, 0.25) is 0 Å². The Bertz CT molecular complexity index is 2170. The minimum atomic E-state index is 0. The molecule has 0 bridgehead atoms. The van der Waals surface area contributed by atoms with Crippen LogP contribution in [-0.4, -0.2) is 19.3 Å². The van der Waals surface area contributed by atoms with Gasteiger partial charge in [-0.1, -0.05) is 76.9 Å². The van der Waals surface area contributed by atoms with E-state index in [0.29, 0.717) is 35.2 Å². The largest absolute Gasteiger partial charge is 2.00 e. The first-order chi connectivity index (χ1) is 23.1. The molecule has 1 unspecified atom stereocenters. The first-order valence-electron chi connectivity index (χ1n) is 17.6. The molecule has 3 heterocycles. The van der Waals surface area contributed by atoms with E-state index >= 15 is 0 Å². The Labute approximate surface area is 305 Å². The van der Waals surface area contributed by atoms with Gasteiger partial charge in [0.15, 0.2) is 0 Å². The van der Waals surface area contributed by atoms with Crippen molar-refractivity contribution in [3.8, 4) is 23.0 Å². The topological polar surface area (TPSA) is 44.9 Å². The van der Waals surface area contributed by atoms with Crippen molar-refractivity contribution in [2.45, 2.75) is 92.4 Å². The van der Waals surface area contributed by atoms with Gasteiger partial charge in [0.1, 0.15) is 5.82 Å². The van der Waals surface area contributed by atoms with Crippen LogP contribution in [-0.2, 0) is 27.5 Å². The molecule has 0 spiro atoms. The van der Waals surface area contributed by atoms with Crippen LogP contribution in [0.4, 0.5) is 0 Å². The summed E-state index contributed by atoms with van der Waals surface area (Å²) in [5.74, 6) is 3.73. The average Bonchev–Trinajstić information content (AvgIpc) is 3.59. The number of pyridine rings is 1. The molecule has 0 N–H and O–H groups in total. The number of allylic oxidation sites excluding steroid dienone is 2. The second kappa shape index (κ2) is 14.1. The Balaban J connectivity index is 0.00000417. The van der Waals surface area contributed by atoms with Gasteiger partial charge in [-0.05, 0) is 85.7 Å². The van der Waals surface area contributed by atoms with Crippen molar-refractivity contribution in [3.05, 3.63) is 119 Å². The summed E-state index contributed by atoms with van der Waals surface area (Å²) in [6.45, 7) is 18.0. The first-order valence-corrected chi connectivity index (χ1v) is 17.6. The van der Waals surface area contributed by atoms with E-state index in [2.05, 4.69) is 137 Å². The van der Waals surface area contributed by atoms with Crippen LogP contribution in [0.2, 0.25) is 0 Å². The summed E-state index contributed by atoms with van der Waals surface area (Å²) in [5, 5.41) is 7.48. The van der Waals surface area contributed by atoms with Crippen LogP contribution < -0.4 is 4.74 Å². The Morgan fingerprint density at radius 3 is 2.45 bits per heavy atom. The third-order valence-corrected chi connectivity index (χ3v) is 10.1. The normalized spacial score (nSPS) is 16.4. The Hall–Kier alpha value is -3.95. The molecule has 1 aliphatic carbocycles. The molecule has 0 saturated heterocycles. The number of hydrogen-bond donors (Lipinski definition) is 0. The Morgan fingerprint density at radius 2 is 1.71 bits per heavy atom. The summed E-state index contributed by atoms with van der Waals surface area (Å²) >= 11 is 0. The molecular formula is C43H46N4OPt. The SMILES string of the molecule is CCc1ccnc(-n2c3[c-]c(Oc4[c-]c(-n5nc(C)c(C6C(C)=CCC[C@@H]6C)c5C(C)C)cc(C(C)C)c4)ccc3c3ccccc32)c1.[Pt+2]. The second-order valence-electron chi connectivity index (χ2n) is 14.2. The molecule has 5 nitrogen and oxygen atoms in total. The van der Waals surface area contributed by atoms with Gasteiger partial charge in [-0.15, -0.1) is 41.3 Å². The van der Waals surface area contributed by atoms with Crippen LogP contribution in [0.3, 0.4) is 0 Å². The molecule has 3 aromatic carbocycles. The van der Waals surface area contributed by atoms with E-state index in [1.165, 1.54) is 34.4 Å². The average molecular weight is 830 g/mol. The molecule has 6 aromatic rings. The van der Waals surface area contributed by atoms with Crippen LogP contribution in [0.25, 0.3) is 33.3 Å². The van der Waals surface area contributed by atoms with E-state index in [1.54, 1.807) is 0 Å². The van der Waals surface area contributed by atoms with Gasteiger partial charge in [-0.2, -0.15) is 11.2 Å². The monoisotopic (exact) mass is 829 g/mol. The fourth-order valence-corrected chi connectivity index (χ4v) is 7.65. The standard InChI is InChI=1S/C43H46N4O.Pt/c1-9-31-19-20-44-40(21-31)46-38-16-11-10-15-36(38)37-18-17-34(25-39(37)46)48-35-23-32(26(2)3)22-33(24-35)47-43(27(4)5)42(30(8)45-47)41-28(6)13-12-14-29(41)7;/h10-11,13,15-23,26-27,29,41H,9,12,14H2,1-8H3;/q-2;+2/t29-,41?;/m0./s1. The van der Waals surface area contributed by atoms with Gasteiger partial charge >= 0.3 is 21.1 Å². The van der Waals surface area contributed by atoms with Gasteiger partial charge < -0.3 is 9.30 Å². The van der Waals surface area contributed by atoms with E-state index in [-0.39, 0.29) is 21.1 Å². The van der Waals surface area contributed by atoms with Crippen molar-refractivity contribution in [2.24, 2.45) is 5.92 Å². The molecule has 3 aromatic heterocycles. The third kappa shape index (κ3) is 6.43. The summed E-state index contributed by atoms with van der Waals surface area (Å²) in [7, 11) is 0. The molecule has 0 saturated carbocycles. The molecule has 49 heavy (non-hydrogen) atoms. The van der Waals surface area contributed by atoms with Crippen molar-refractivity contribution < 1.29 is 25.8 Å². The van der Waals surface area contributed by atoms with E-state index in [1.807, 2.05) is 12.3 Å². The van der Waals surface area contributed by atoms with Crippen LogP contribution >= 0.6 is 0 Å². The van der Waals surface area contributed by atoms with Crippen LogP contribution in [0.5, 0.6) is 11.5 Å². The predicted molar refractivity (Wildman–Crippen MR) is 197 cm³/mol. The summed E-state index contributed by atoms with van der Waals surface area (Å²) in [6.07, 6.45) is 7.62. The molecule has 0 fully saturated rings. The zero-order valence-corrected chi connectivity index (χ0v) is 32.1. The van der Waals surface area contributed by atoms with Crippen molar-refractivity contribution in [1.82, 2.24) is 19.3 Å². The quantitative estimate of drug-likeness (QED) is 0.113. The number of hydrogen-bond acceptors (Lipinski definition) is 3. The molecule has 254 valence electrons. The molecule has 2 atom stereocenters. The minimum Gasteiger partial charge on any atom is -0.509 e. The van der Waals surface area contributed by atoms with Crippen molar-refractivity contribution in [2.75, 3.05) is 0 Å². The van der Waals surface area contributed by atoms with Crippen LogP contribution in [0, 0.1) is 25.0 Å². The summed E-state index contributed by atoms with van der Waals surface area (Å²) in [4.78, 5) is 4.78. The van der Waals surface area contributed by atoms with Crippen LogP contribution in [0.15, 0.2) is 78.5 Å². The molecule has 0 radical (unpaired) electrons. The van der Waals surface area contributed by atoms with Gasteiger partial charge in [0.05, 0.1) is 5.69 Å². The van der Waals surface area contributed by atoms with Gasteiger partial charge in [-0.25, -0.2) is 4.98 Å². The molecular weight excluding hydrogens is 784 g/mol. The zero-order valence-electron chi connectivity index (χ0n) is 29.9. The molecule has 7 rings (SSSR count). The number of fused-ring (bicyclic) bond motifs is 3. The van der Waals surface area contributed by atoms with Crippen molar-refractivity contribution >= 4 is 21.8 Å². The van der Waals surface area contributed by atoms with E-state index in [9.17, 15) is 0 Å². The fraction of sp³-hybridized carbons (Fsp3) is 0.349. The number of para-hydroxylation sites is 1. The second-order valence-corrected chi connectivity index (χ2v) is 14.2. The minimum absolute atomic E-state index is 0. The van der Waals surface area contributed by atoms with Crippen LogP contribution in [0.1, 0.15) is 107 Å². The number of aryl methyl sites for hydroxylation is 2. The summed E-state index contributed by atoms with van der Waals surface area (Å²) < 4.78 is 11.0. The molecule has 0 amide bonds. The van der Waals surface area contributed by atoms with E-state index in [4.69, 9.17) is 14.8 Å². The van der Waals surface area contributed by atoms with Gasteiger partial charge in [0.25, 0.3) is 0 Å². The molecule has 0 aliphatic heterocycles. The smallest absolute Gasteiger partial charge is 0.509 e. The fourth-order valence-electron chi connectivity index (χ4n) is 7.65. The van der Waals surface area contributed by atoms with Gasteiger partial charge in [0, 0.05) is 40.4 Å². The third-order valence-electron chi connectivity index (χ3n) is 10.1. The Kier molecular flexibility index (Phi) is 10.1. The number of rotatable bonds is 8. The zero-order chi connectivity index (χ0) is 33.7. The predicted octanol–water partition coefficient (Wildman–Crippen LogP) is 11.3. The van der Waals surface area contributed by atoms with Crippen molar-refractivity contribution in [3.63, 3.8) is 0 Å². The number of nitrogens with zero attached hydrogens (tertiary/aromatic N) is 4. The maximum absolute atomic E-state index is 6.66.